The smallest absolute Gasteiger partial charge is 0.303 e. The average Bonchev–Trinajstić information content (AvgIpc) is 2.02. The molecule has 3 N–H and O–H groups in total. The fourth-order valence-electron chi connectivity index (χ4n) is 0.850. The van der Waals surface area contributed by atoms with E-state index in [9.17, 15) is 9.90 Å². The van der Waals surface area contributed by atoms with Crippen LogP contribution in [0.1, 0.15) is 26.7 Å². The number of hydrogen-bond donors (Lipinski definition) is 3. The van der Waals surface area contributed by atoms with Crippen LogP contribution in [0.15, 0.2) is 0 Å². The van der Waals surface area contributed by atoms with Crippen molar-refractivity contribution in [2.45, 2.75) is 32.8 Å². The van der Waals surface area contributed by atoms with Gasteiger partial charge in [-0.2, -0.15) is 0 Å². The van der Waals surface area contributed by atoms with Crippen molar-refractivity contribution >= 4 is 5.97 Å². The third-order valence-corrected chi connectivity index (χ3v) is 1.87. The van der Waals surface area contributed by atoms with Crippen LogP contribution in [-0.4, -0.2) is 35.4 Å². The van der Waals surface area contributed by atoms with E-state index in [0.29, 0.717) is 19.5 Å². The lowest BCUT2D eigenvalue weighted by molar-refractivity contribution is -0.137. The lowest BCUT2D eigenvalue weighted by Gasteiger charge is -2.14. The van der Waals surface area contributed by atoms with E-state index in [2.05, 4.69) is 5.32 Å². The number of rotatable bonds is 7. The highest BCUT2D eigenvalue weighted by atomic mass is 16.4. The predicted octanol–water partition coefficient (Wildman–Crippen LogP) is 0.458. The van der Waals surface area contributed by atoms with Crippen molar-refractivity contribution in [2.24, 2.45) is 5.92 Å². The maximum Gasteiger partial charge on any atom is 0.303 e. The maximum atomic E-state index is 10.1. The van der Waals surface area contributed by atoms with Crippen molar-refractivity contribution in [1.82, 2.24) is 5.32 Å². The Hall–Kier alpha value is -0.610. The molecule has 0 aliphatic rings. The van der Waals surface area contributed by atoms with Gasteiger partial charge >= 0.3 is 5.97 Å². The zero-order valence-electron chi connectivity index (χ0n) is 8.29. The Morgan fingerprint density at radius 2 is 2.08 bits per heavy atom. The minimum Gasteiger partial charge on any atom is -0.481 e. The lowest BCUT2D eigenvalue weighted by atomic mass is 10.1. The number of hydrogen-bond acceptors (Lipinski definition) is 3. The number of carboxylic acid groups (broad SMARTS) is 1. The zero-order chi connectivity index (χ0) is 10.3. The topological polar surface area (TPSA) is 69.6 Å². The molecule has 0 aliphatic heterocycles. The zero-order valence-corrected chi connectivity index (χ0v) is 8.29. The van der Waals surface area contributed by atoms with Crippen molar-refractivity contribution in [3.05, 3.63) is 0 Å². The molecule has 0 rings (SSSR count). The van der Waals surface area contributed by atoms with Crippen molar-refractivity contribution < 1.29 is 15.0 Å². The Bertz CT molecular complexity index is 148. The molecule has 13 heavy (non-hydrogen) atoms. The molecular formula is C9H19NO3. The Morgan fingerprint density at radius 3 is 2.54 bits per heavy atom. The molecule has 0 spiro atoms. The monoisotopic (exact) mass is 189 g/mol. The first-order chi connectivity index (χ1) is 6.04. The number of nitrogens with one attached hydrogen (secondary N) is 1. The molecule has 0 heterocycles. The quantitative estimate of drug-likeness (QED) is 0.509. The first-order valence-corrected chi connectivity index (χ1v) is 4.64. The molecule has 0 aromatic heterocycles. The van der Waals surface area contributed by atoms with Crippen molar-refractivity contribution in [3.63, 3.8) is 0 Å². The molecule has 0 amide bonds. The molecule has 4 heteroatoms. The van der Waals surface area contributed by atoms with Crippen molar-refractivity contribution in [1.29, 1.82) is 0 Å². The maximum absolute atomic E-state index is 10.1. The van der Waals surface area contributed by atoms with Crippen LogP contribution in [0.3, 0.4) is 0 Å². The fourth-order valence-corrected chi connectivity index (χ4v) is 0.850. The van der Waals surface area contributed by atoms with Gasteiger partial charge in [-0.05, 0) is 18.9 Å². The van der Waals surface area contributed by atoms with Crippen molar-refractivity contribution in [3.8, 4) is 0 Å². The molecule has 1 atom stereocenters. The minimum absolute atomic E-state index is 0.185. The Balaban J connectivity index is 3.21. The van der Waals surface area contributed by atoms with Gasteiger partial charge in [0.1, 0.15) is 0 Å². The van der Waals surface area contributed by atoms with Gasteiger partial charge in [-0.15, -0.1) is 0 Å². The number of aliphatic hydroxyl groups excluding tert-OH is 1. The van der Waals surface area contributed by atoms with Crippen molar-refractivity contribution in [2.75, 3.05) is 13.1 Å². The van der Waals surface area contributed by atoms with Gasteiger partial charge in [0, 0.05) is 13.0 Å². The molecule has 0 fully saturated rings. The Labute approximate surface area is 79.0 Å². The summed E-state index contributed by atoms with van der Waals surface area (Å²) < 4.78 is 0. The van der Waals surface area contributed by atoms with Gasteiger partial charge in [-0.1, -0.05) is 13.8 Å². The normalized spacial score (nSPS) is 13.2. The molecule has 0 aliphatic carbocycles. The lowest BCUT2D eigenvalue weighted by Crippen LogP contribution is -2.31. The summed E-state index contributed by atoms with van der Waals surface area (Å²) in [4.78, 5) is 10.1. The summed E-state index contributed by atoms with van der Waals surface area (Å²) in [6, 6.07) is 0. The van der Waals surface area contributed by atoms with Gasteiger partial charge in [-0.25, -0.2) is 0 Å². The van der Waals surface area contributed by atoms with E-state index in [-0.39, 0.29) is 18.4 Å². The van der Waals surface area contributed by atoms with Gasteiger partial charge in [-0.3, -0.25) is 4.79 Å². The van der Waals surface area contributed by atoms with E-state index in [4.69, 9.17) is 5.11 Å². The fraction of sp³-hybridized carbons (Fsp3) is 0.889. The standard InChI is InChI=1S/C9H19NO3/c1-7(2)8(11)6-10-5-3-4-9(12)13/h7-8,10-11H,3-6H2,1-2H3,(H,12,13). The van der Waals surface area contributed by atoms with Gasteiger partial charge in [0.15, 0.2) is 0 Å². The van der Waals surface area contributed by atoms with Crippen LogP contribution in [-0.2, 0) is 4.79 Å². The summed E-state index contributed by atoms with van der Waals surface area (Å²) in [5, 5.41) is 20.7. The van der Waals surface area contributed by atoms with Crippen LogP contribution in [0, 0.1) is 5.92 Å². The minimum atomic E-state index is -0.772. The van der Waals surface area contributed by atoms with Gasteiger partial charge in [0.05, 0.1) is 6.10 Å². The first-order valence-electron chi connectivity index (χ1n) is 4.64. The summed E-state index contributed by atoms with van der Waals surface area (Å²) in [7, 11) is 0. The molecule has 0 saturated carbocycles. The van der Waals surface area contributed by atoms with E-state index in [1.165, 1.54) is 0 Å². The second kappa shape index (κ2) is 6.86. The number of carboxylic acids is 1. The van der Waals surface area contributed by atoms with Crippen LogP contribution < -0.4 is 5.32 Å². The summed E-state index contributed by atoms with van der Waals surface area (Å²) in [5.74, 6) is -0.529. The van der Waals surface area contributed by atoms with Crippen LogP contribution in [0.2, 0.25) is 0 Å². The van der Waals surface area contributed by atoms with Crippen LogP contribution in [0.5, 0.6) is 0 Å². The van der Waals surface area contributed by atoms with E-state index in [1.54, 1.807) is 0 Å². The number of aliphatic carboxylic acids is 1. The Morgan fingerprint density at radius 1 is 1.46 bits per heavy atom. The second-order valence-electron chi connectivity index (χ2n) is 3.51. The molecule has 0 aromatic carbocycles. The first kappa shape index (κ1) is 12.4. The summed E-state index contributed by atoms with van der Waals surface area (Å²) >= 11 is 0. The molecule has 0 aromatic rings. The SMILES string of the molecule is CC(C)C(O)CNCCCC(=O)O. The summed E-state index contributed by atoms with van der Waals surface area (Å²) in [6.07, 6.45) is 0.454. The molecule has 0 radical (unpaired) electrons. The summed E-state index contributed by atoms with van der Waals surface area (Å²) in [5.41, 5.74) is 0. The molecule has 0 saturated heterocycles. The van der Waals surface area contributed by atoms with Crippen LogP contribution in [0.25, 0.3) is 0 Å². The van der Waals surface area contributed by atoms with E-state index < -0.39 is 5.97 Å². The number of aliphatic hydroxyl groups is 1. The predicted molar refractivity (Wildman–Crippen MR) is 50.6 cm³/mol. The molecule has 78 valence electrons. The van der Waals surface area contributed by atoms with Crippen LogP contribution >= 0.6 is 0 Å². The van der Waals surface area contributed by atoms with Gasteiger partial charge in [0.2, 0.25) is 0 Å². The van der Waals surface area contributed by atoms with Gasteiger partial charge < -0.3 is 15.5 Å². The van der Waals surface area contributed by atoms with E-state index in [0.717, 1.165) is 0 Å². The Kier molecular flexibility index (Phi) is 6.54. The third kappa shape index (κ3) is 7.74. The highest BCUT2D eigenvalue weighted by Gasteiger charge is 2.07. The van der Waals surface area contributed by atoms with E-state index in [1.807, 2.05) is 13.8 Å². The molecule has 1 unspecified atom stereocenters. The average molecular weight is 189 g/mol. The van der Waals surface area contributed by atoms with Gasteiger partial charge in [0.25, 0.3) is 0 Å². The highest BCUT2D eigenvalue weighted by Crippen LogP contribution is 1.98. The largest absolute Gasteiger partial charge is 0.481 e. The molecular weight excluding hydrogens is 170 g/mol. The molecule has 4 nitrogen and oxygen atoms in total. The summed E-state index contributed by atoms with van der Waals surface area (Å²) in [6.45, 7) is 5.08. The number of carbonyl (C=O) groups is 1. The third-order valence-electron chi connectivity index (χ3n) is 1.87. The highest BCUT2D eigenvalue weighted by molar-refractivity contribution is 5.66. The second-order valence-corrected chi connectivity index (χ2v) is 3.51. The van der Waals surface area contributed by atoms with Crippen LogP contribution in [0.4, 0.5) is 0 Å². The van der Waals surface area contributed by atoms with E-state index >= 15 is 0 Å². The molecule has 0 bridgehead atoms.